The van der Waals surface area contributed by atoms with Crippen LogP contribution in [0.25, 0.3) is 0 Å². The predicted octanol–water partition coefficient (Wildman–Crippen LogP) is 1.84. The minimum absolute atomic E-state index is 0.0740. The number of carbonyl (C=O) groups is 1. The van der Waals surface area contributed by atoms with Crippen molar-refractivity contribution in [2.24, 2.45) is 0 Å². The van der Waals surface area contributed by atoms with Crippen molar-refractivity contribution in [3.8, 4) is 0 Å². The van der Waals surface area contributed by atoms with E-state index in [0.717, 1.165) is 0 Å². The summed E-state index contributed by atoms with van der Waals surface area (Å²) in [5.41, 5.74) is 0.879. The average molecular weight is 291 g/mol. The van der Waals surface area contributed by atoms with Gasteiger partial charge in [-0.15, -0.1) is 0 Å². The van der Waals surface area contributed by atoms with Gasteiger partial charge in [-0.05, 0) is 30.3 Å². The Labute approximate surface area is 116 Å². The second kappa shape index (κ2) is 5.70. The van der Waals surface area contributed by atoms with Crippen molar-refractivity contribution in [3.63, 3.8) is 0 Å². The number of anilines is 2. The van der Waals surface area contributed by atoms with E-state index in [9.17, 15) is 13.2 Å². The normalized spacial score (nSPS) is 10.8. The Kier molecular flexibility index (Phi) is 3.99. The molecule has 104 valence electrons. The maximum atomic E-state index is 12.1. The average Bonchev–Trinajstić information content (AvgIpc) is 2.39. The Balaban J connectivity index is 2.24. The summed E-state index contributed by atoms with van der Waals surface area (Å²) in [5.74, 6) is -0.225. The van der Waals surface area contributed by atoms with Gasteiger partial charge >= 0.3 is 0 Å². The second-order valence-electron chi connectivity index (χ2n) is 4.06. The van der Waals surface area contributed by atoms with E-state index in [-0.39, 0.29) is 10.8 Å². The molecule has 0 unspecified atom stereocenters. The molecule has 0 fully saturated rings. The van der Waals surface area contributed by atoms with E-state index in [1.165, 1.54) is 31.5 Å². The molecule has 0 bridgehead atoms. The summed E-state index contributed by atoms with van der Waals surface area (Å²) in [6.45, 7) is 1.38. The molecule has 0 aliphatic carbocycles. The first-order valence-corrected chi connectivity index (χ1v) is 7.26. The van der Waals surface area contributed by atoms with Gasteiger partial charge in [-0.3, -0.25) is 14.5 Å². The van der Waals surface area contributed by atoms with E-state index in [1.54, 1.807) is 24.3 Å². The molecule has 1 aromatic heterocycles. The molecule has 1 heterocycles. The number of nitrogens with one attached hydrogen (secondary N) is 2. The summed E-state index contributed by atoms with van der Waals surface area (Å²) in [6.07, 6.45) is 2.76. The summed E-state index contributed by atoms with van der Waals surface area (Å²) in [6, 6.07) is 9.44. The zero-order chi connectivity index (χ0) is 14.6. The molecule has 0 atom stereocenters. The molecule has 0 radical (unpaired) electrons. The molecule has 0 aliphatic rings. The highest BCUT2D eigenvalue weighted by atomic mass is 32.2. The summed E-state index contributed by atoms with van der Waals surface area (Å²) in [5, 5.41) is 2.58. The van der Waals surface area contributed by atoms with Crippen LogP contribution >= 0.6 is 0 Å². The molecule has 1 aromatic carbocycles. The zero-order valence-electron chi connectivity index (χ0n) is 10.7. The smallest absolute Gasteiger partial charge is 0.263 e. The van der Waals surface area contributed by atoms with Crippen LogP contribution in [0.15, 0.2) is 53.7 Å². The Hall–Kier alpha value is -2.41. The van der Waals surface area contributed by atoms with Crippen molar-refractivity contribution in [2.45, 2.75) is 11.8 Å². The lowest BCUT2D eigenvalue weighted by Crippen LogP contribution is -2.13. The molecule has 20 heavy (non-hydrogen) atoms. The Morgan fingerprint density at radius 3 is 2.55 bits per heavy atom. The quantitative estimate of drug-likeness (QED) is 0.899. The Bertz CT molecular complexity index is 715. The lowest BCUT2D eigenvalue weighted by molar-refractivity contribution is -0.114. The number of amides is 1. The Morgan fingerprint density at radius 1 is 1.15 bits per heavy atom. The van der Waals surface area contributed by atoms with Crippen molar-refractivity contribution >= 4 is 27.3 Å². The molecule has 6 nitrogen and oxygen atoms in total. The molecule has 0 saturated carbocycles. The number of carbonyl (C=O) groups excluding carboxylic acids is 1. The lowest BCUT2D eigenvalue weighted by atomic mass is 10.3. The highest BCUT2D eigenvalue weighted by molar-refractivity contribution is 7.92. The van der Waals surface area contributed by atoms with Crippen LogP contribution in [0, 0.1) is 0 Å². The predicted molar refractivity (Wildman–Crippen MR) is 75.8 cm³/mol. The summed E-state index contributed by atoms with van der Waals surface area (Å²) < 4.78 is 26.6. The highest BCUT2D eigenvalue weighted by Crippen LogP contribution is 2.18. The molecular formula is C13H13N3O3S. The zero-order valence-corrected chi connectivity index (χ0v) is 11.5. The molecule has 2 rings (SSSR count). The second-order valence-corrected chi connectivity index (χ2v) is 5.74. The van der Waals surface area contributed by atoms with Gasteiger partial charge in [0.25, 0.3) is 10.0 Å². The summed E-state index contributed by atoms with van der Waals surface area (Å²) >= 11 is 0. The summed E-state index contributed by atoms with van der Waals surface area (Å²) in [7, 11) is -3.68. The minimum Gasteiger partial charge on any atom is -0.326 e. The van der Waals surface area contributed by atoms with Crippen LogP contribution in [0.5, 0.6) is 0 Å². The third kappa shape index (κ3) is 3.55. The molecular weight excluding hydrogens is 278 g/mol. The molecule has 0 aliphatic heterocycles. The van der Waals surface area contributed by atoms with Crippen LogP contribution in [0.4, 0.5) is 11.4 Å². The maximum absolute atomic E-state index is 12.1. The van der Waals surface area contributed by atoms with E-state index < -0.39 is 10.0 Å². The van der Waals surface area contributed by atoms with Crippen molar-refractivity contribution in [1.82, 2.24) is 4.98 Å². The number of sulfonamides is 1. The molecule has 0 spiro atoms. The van der Waals surface area contributed by atoms with Crippen LogP contribution in [0.3, 0.4) is 0 Å². The third-order valence-electron chi connectivity index (χ3n) is 2.38. The van der Waals surface area contributed by atoms with E-state index in [2.05, 4.69) is 15.0 Å². The van der Waals surface area contributed by atoms with E-state index in [1.807, 2.05) is 0 Å². The highest BCUT2D eigenvalue weighted by Gasteiger charge is 2.14. The molecule has 2 N–H and O–H groups in total. The topological polar surface area (TPSA) is 88.2 Å². The van der Waals surface area contributed by atoms with Crippen LogP contribution < -0.4 is 10.0 Å². The monoisotopic (exact) mass is 291 g/mol. The van der Waals surface area contributed by atoms with Crippen molar-refractivity contribution in [1.29, 1.82) is 0 Å². The van der Waals surface area contributed by atoms with Crippen LogP contribution in [0.1, 0.15) is 6.92 Å². The number of hydrogen-bond acceptors (Lipinski definition) is 4. The standard InChI is InChI=1S/C13H13N3O3S/c1-10(17)15-11-4-2-5-12(8-11)16-20(18,19)13-6-3-7-14-9-13/h2-9,16H,1H3,(H,15,17). The van der Waals surface area contributed by atoms with Crippen molar-refractivity contribution in [3.05, 3.63) is 48.8 Å². The van der Waals surface area contributed by atoms with Gasteiger partial charge in [-0.1, -0.05) is 6.07 Å². The fourth-order valence-corrected chi connectivity index (χ4v) is 2.60. The third-order valence-corrected chi connectivity index (χ3v) is 3.75. The lowest BCUT2D eigenvalue weighted by Gasteiger charge is -2.09. The molecule has 7 heteroatoms. The largest absolute Gasteiger partial charge is 0.326 e. The van der Waals surface area contributed by atoms with Gasteiger partial charge in [0.05, 0.1) is 5.69 Å². The SMILES string of the molecule is CC(=O)Nc1cccc(NS(=O)(=O)c2cccnc2)c1. The number of hydrogen-bond donors (Lipinski definition) is 2. The number of pyridine rings is 1. The van der Waals surface area contributed by atoms with Crippen LogP contribution in [0.2, 0.25) is 0 Å². The number of aromatic nitrogens is 1. The van der Waals surface area contributed by atoms with Gasteiger partial charge in [-0.2, -0.15) is 0 Å². The van der Waals surface area contributed by atoms with Gasteiger partial charge in [0.15, 0.2) is 0 Å². The summed E-state index contributed by atoms with van der Waals surface area (Å²) in [4.78, 5) is 14.8. The van der Waals surface area contributed by atoms with Crippen molar-refractivity contribution in [2.75, 3.05) is 10.0 Å². The van der Waals surface area contributed by atoms with Crippen LogP contribution in [-0.4, -0.2) is 19.3 Å². The minimum atomic E-state index is -3.68. The van der Waals surface area contributed by atoms with Gasteiger partial charge < -0.3 is 5.32 Å². The first-order chi connectivity index (χ1) is 9.47. The van der Waals surface area contributed by atoms with E-state index in [0.29, 0.717) is 11.4 Å². The maximum Gasteiger partial charge on any atom is 0.263 e. The van der Waals surface area contributed by atoms with Gasteiger partial charge in [0, 0.05) is 25.0 Å². The molecule has 0 saturated heterocycles. The van der Waals surface area contributed by atoms with E-state index in [4.69, 9.17) is 0 Å². The fourth-order valence-electron chi connectivity index (χ4n) is 1.58. The van der Waals surface area contributed by atoms with Crippen molar-refractivity contribution < 1.29 is 13.2 Å². The molecule has 1 amide bonds. The van der Waals surface area contributed by atoms with Gasteiger partial charge in [-0.25, -0.2) is 8.42 Å². The fraction of sp³-hybridized carbons (Fsp3) is 0.0769. The first-order valence-electron chi connectivity index (χ1n) is 5.78. The van der Waals surface area contributed by atoms with Crippen LogP contribution in [-0.2, 0) is 14.8 Å². The van der Waals surface area contributed by atoms with Gasteiger partial charge in [0.2, 0.25) is 5.91 Å². The number of nitrogens with zero attached hydrogens (tertiary/aromatic N) is 1. The van der Waals surface area contributed by atoms with Gasteiger partial charge in [0.1, 0.15) is 4.90 Å². The number of rotatable bonds is 4. The molecule has 2 aromatic rings. The number of benzene rings is 1. The Morgan fingerprint density at radius 2 is 1.90 bits per heavy atom. The van der Waals surface area contributed by atoms with E-state index >= 15 is 0 Å². The first kappa shape index (κ1) is 14.0.